The first-order valence-corrected chi connectivity index (χ1v) is 5.88. The highest BCUT2D eigenvalue weighted by Gasteiger charge is 2.11. The average molecular weight is 230 g/mol. The van der Waals surface area contributed by atoms with Crippen molar-refractivity contribution < 1.29 is 9.53 Å². The van der Waals surface area contributed by atoms with Crippen molar-refractivity contribution in [1.29, 1.82) is 0 Å². The van der Waals surface area contributed by atoms with E-state index in [4.69, 9.17) is 4.74 Å². The topological polar surface area (TPSA) is 26.3 Å². The molecule has 1 aromatic rings. The zero-order chi connectivity index (χ0) is 12.7. The van der Waals surface area contributed by atoms with Gasteiger partial charge in [0.05, 0.1) is 6.61 Å². The number of ether oxygens (including phenoxy) is 1. The Labute approximate surface area is 103 Å². The van der Waals surface area contributed by atoms with Crippen LogP contribution in [0.15, 0.2) is 36.1 Å². The molecule has 0 saturated carbocycles. The van der Waals surface area contributed by atoms with E-state index < -0.39 is 0 Å². The van der Waals surface area contributed by atoms with Gasteiger partial charge in [0.1, 0.15) is 5.57 Å². The van der Waals surface area contributed by atoms with E-state index in [1.165, 1.54) is 0 Å². The highest BCUT2D eigenvalue weighted by Crippen LogP contribution is 2.16. The van der Waals surface area contributed by atoms with Crippen LogP contribution in [0.3, 0.4) is 0 Å². The van der Waals surface area contributed by atoms with Crippen LogP contribution >= 0.6 is 0 Å². The molecule has 0 aliphatic rings. The summed E-state index contributed by atoms with van der Waals surface area (Å²) in [6.07, 6.45) is 2.68. The zero-order valence-electron chi connectivity index (χ0n) is 10.6. The molecule has 0 unspecified atom stereocenters. The molecule has 0 N–H and O–H groups in total. The van der Waals surface area contributed by atoms with Gasteiger partial charge < -0.3 is 4.74 Å². The van der Waals surface area contributed by atoms with Crippen molar-refractivity contribution in [2.75, 3.05) is 6.61 Å². The van der Waals surface area contributed by atoms with Crippen molar-refractivity contribution in [3.63, 3.8) is 0 Å². The van der Waals surface area contributed by atoms with Crippen LogP contribution in [-0.2, 0) is 9.53 Å². The van der Waals surface area contributed by atoms with Gasteiger partial charge in [0, 0.05) is 0 Å². The van der Waals surface area contributed by atoms with Crippen molar-refractivity contribution in [2.24, 2.45) is 0 Å². The van der Waals surface area contributed by atoms with Crippen molar-refractivity contribution in [1.82, 2.24) is 0 Å². The molecule has 0 spiro atoms. The first-order chi connectivity index (χ1) is 8.19. The summed E-state index contributed by atoms with van der Waals surface area (Å²) in [4.78, 5) is 11.8. The van der Waals surface area contributed by atoms with Crippen molar-refractivity contribution in [3.8, 4) is 0 Å². The molecule has 2 heteroatoms. The van der Waals surface area contributed by atoms with Gasteiger partial charge in [0.15, 0.2) is 0 Å². The fourth-order valence-electron chi connectivity index (χ4n) is 1.39. The average Bonchev–Trinajstić information content (AvgIpc) is 2.32. The minimum absolute atomic E-state index is 0.318. The SMILES string of the molecule is CCC=C=C(C(=O)OCC)c1ccc(C)cc1. The minimum atomic E-state index is -0.318. The number of esters is 1. The molecule has 0 amide bonds. The van der Waals surface area contributed by atoms with Crippen molar-refractivity contribution in [3.05, 3.63) is 47.2 Å². The van der Waals surface area contributed by atoms with Crippen LogP contribution in [0, 0.1) is 6.92 Å². The van der Waals surface area contributed by atoms with Gasteiger partial charge in [0.25, 0.3) is 0 Å². The van der Waals surface area contributed by atoms with E-state index in [0.29, 0.717) is 12.2 Å². The Kier molecular flexibility index (Phi) is 5.25. The number of hydrogen-bond donors (Lipinski definition) is 0. The van der Waals surface area contributed by atoms with Crippen LogP contribution in [0.2, 0.25) is 0 Å². The molecule has 0 fully saturated rings. The Morgan fingerprint density at radius 2 is 1.94 bits per heavy atom. The maximum atomic E-state index is 11.8. The number of benzene rings is 1. The largest absolute Gasteiger partial charge is 0.462 e. The van der Waals surface area contributed by atoms with E-state index >= 15 is 0 Å². The molecule has 0 radical (unpaired) electrons. The summed E-state index contributed by atoms with van der Waals surface area (Å²) in [6.45, 7) is 6.19. The van der Waals surface area contributed by atoms with E-state index in [9.17, 15) is 4.79 Å². The van der Waals surface area contributed by atoms with Gasteiger partial charge in [-0.1, -0.05) is 36.8 Å². The highest BCUT2D eigenvalue weighted by atomic mass is 16.5. The molecule has 2 nitrogen and oxygen atoms in total. The molecule has 0 aromatic heterocycles. The molecular formula is C15H18O2. The third kappa shape index (κ3) is 3.93. The fourth-order valence-corrected chi connectivity index (χ4v) is 1.39. The Morgan fingerprint density at radius 3 is 2.47 bits per heavy atom. The fraction of sp³-hybridized carbons (Fsp3) is 0.333. The molecule has 0 aliphatic heterocycles. The van der Waals surface area contributed by atoms with Crippen LogP contribution in [0.1, 0.15) is 31.4 Å². The van der Waals surface area contributed by atoms with Gasteiger partial charge in [-0.05, 0) is 31.9 Å². The molecule has 90 valence electrons. The molecule has 1 rings (SSSR count). The summed E-state index contributed by atoms with van der Waals surface area (Å²) < 4.78 is 5.03. The molecule has 0 saturated heterocycles. The predicted molar refractivity (Wildman–Crippen MR) is 69.6 cm³/mol. The minimum Gasteiger partial charge on any atom is -0.462 e. The Balaban J connectivity index is 3.11. The predicted octanol–water partition coefficient (Wildman–Crippen LogP) is 3.51. The summed E-state index contributed by atoms with van der Waals surface area (Å²) in [7, 11) is 0. The number of carbonyl (C=O) groups excluding carboxylic acids is 1. The van der Waals surface area contributed by atoms with Crippen LogP contribution in [0.25, 0.3) is 5.57 Å². The van der Waals surface area contributed by atoms with Crippen molar-refractivity contribution >= 4 is 11.5 Å². The van der Waals surface area contributed by atoms with Gasteiger partial charge in [-0.15, -0.1) is 5.73 Å². The smallest absolute Gasteiger partial charge is 0.346 e. The molecule has 0 bridgehead atoms. The number of aryl methyl sites for hydroxylation is 1. The maximum Gasteiger partial charge on any atom is 0.346 e. The Hall–Kier alpha value is -1.79. The van der Waals surface area contributed by atoms with E-state index in [-0.39, 0.29) is 5.97 Å². The highest BCUT2D eigenvalue weighted by molar-refractivity contribution is 6.16. The molecule has 0 heterocycles. The molecular weight excluding hydrogens is 212 g/mol. The Morgan fingerprint density at radius 1 is 1.29 bits per heavy atom. The first-order valence-electron chi connectivity index (χ1n) is 5.88. The van der Waals surface area contributed by atoms with Crippen LogP contribution < -0.4 is 0 Å². The third-order valence-electron chi connectivity index (χ3n) is 2.27. The van der Waals surface area contributed by atoms with Gasteiger partial charge in [-0.25, -0.2) is 4.79 Å². The second kappa shape index (κ2) is 6.72. The lowest BCUT2D eigenvalue weighted by molar-refractivity contribution is -0.136. The maximum absolute atomic E-state index is 11.8. The van der Waals surface area contributed by atoms with Crippen LogP contribution in [0.4, 0.5) is 0 Å². The summed E-state index contributed by atoms with van der Waals surface area (Å²) in [6, 6.07) is 7.78. The normalized spacial score (nSPS) is 9.35. The monoisotopic (exact) mass is 230 g/mol. The second-order valence-electron chi connectivity index (χ2n) is 3.72. The summed E-state index contributed by atoms with van der Waals surface area (Å²) in [5.41, 5.74) is 5.51. The molecule has 1 aromatic carbocycles. The number of carbonyl (C=O) groups is 1. The summed E-state index contributed by atoms with van der Waals surface area (Å²) in [5, 5.41) is 0. The van der Waals surface area contributed by atoms with Gasteiger partial charge >= 0.3 is 5.97 Å². The lowest BCUT2D eigenvalue weighted by Crippen LogP contribution is -2.06. The van der Waals surface area contributed by atoms with Gasteiger partial charge in [0.2, 0.25) is 0 Å². The zero-order valence-corrected chi connectivity index (χ0v) is 10.6. The van der Waals surface area contributed by atoms with Crippen LogP contribution in [0.5, 0.6) is 0 Å². The molecule has 17 heavy (non-hydrogen) atoms. The van der Waals surface area contributed by atoms with Crippen molar-refractivity contribution in [2.45, 2.75) is 27.2 Å². The van der Waals surface area contributed by atoms with E-state index in [1.54, 1.807) is 6.92 Å². The number of hydrogen-bond acceptors (Lipinski definition) is 2. The number of rotatable bonds is 4. The van der Waals surface area contributed by atoms with E-state index in [2.05, 4.69) is 5.73 Å². The third-order valence-corrected chi connectivity index (χ3v) is 2.27. The van der Waals surface area contributed by atoms with Gasteiger partial charge in [-0.2, -0.15) is 0 Å². The summed E-state index contributed by atoms with van der Waals surface area (Å²) >= 11 is 0. The van der Waals surface area contributed by atoms with E-state index in [0.717, 1.165) is 17.5 Å². The van der Waals surface area contributed by atoms with Crippen LogP contribution in [-0.4, -0.2) is 12.6 Å². The Bertz CT molecular complexity index is 434. The lowest BCUT2D eigenvalue weighted by Gasteiger charge is -2.05. The second-order valence-corrected chi connectivity index (χ2v) is 3.72. The first kappa shape index (κ1) is 13.3. The lowest BCUT2D eigenvalue weighted by atomic mass is 10.1. The summed E-state index contributed by atoms with van der Waals surface area (Å²) in [5.74, 6) is -0.318. The quantitative estimate of drug-likeness (QED) is 0.449. The van der Waals surface area contributed by atoms with Gasteiger partial charge in [-0.3, -0.25) is 0 Å². The standard InChI is InChI=1S/C15H18O2/c1-4-6-7-14(15(16)17-5-2)13-10-8-12(3)9-11-13/h6,8-11H,4-5H2,1-3H3. The molecule has 0 aliphatic carbocycles. The molecule has 0 atom stereocenters. The van der Waals surface area contributed by atoms with E-state index in [1.807, 2.05) is 44.2 Å².